The van der Waals surface area contributed by atoms with Crippen molar-refractivity contribution in [1.82, 2.24) is 5.32 Å². The molecule has 2 N–H and O–H groups in total. The number of carbonyl (C=O) groups excluding carboxylic acids is 1. The van der Waals surface area contributed by atoms with E-state index in [1.54, 1.807) is 0 Å². The van der Waals surface area contributed by atoms with Gasteiger partial charge in [-0.05, 0) is 42.9 Å². The van der Waals surface area contributed by atoms with E-state index in [2.05, 4.69) is 23.6 Å². The van der Waals surface area contributed by atoms with Crippen LogP contribution in [0.4, 0.5) is 5.69 Å². The molecule has 3 nitrogen and oxygen atoms in total. The van der Waals surface area contributed by atoms with E-state index >= 15 is 0 Å². The molecule has 2 unspecified atom stereocenters. The maximum absolute atomic E-state index is 12.3. The molecule has 1 amide bonds. The lowest BCUT2D eigenvalue weighted by molar-refractivity contribution is 0.0921. The average molecular weight is 258 g/mol. The Balaban J connectivity index is 1.67. The lowest BCUT2D eigenvalue weighted by atomic mass is 9.87. The van der Waals surface area contributed by atoms with Crippen molar-refractivity contribution in [3.8, 4) is 0 Å². The Bertz CT molecular complexity index is 484. The second kappa shape index (κ2) is 5.24. The largest absolute Gasteiger partial charge is 0.384 e. The second-order valence-corrected chi connectivity index (χ2v) is 5.99. The van der Waals surface area contributed by atoms with Crippen LogP contribution in [0.25, 0.3) is 0 Å². The minimum Gasteiger partial charge on any atom is -0.384 e. The van der Waals surface area contributed by atoms with Gasteiger partial charge in [0.2, 0.25) is 0 Å². The molecule has 2 atom stereocenters. The fourth-order valence-electron chi connectivity index (χ4n) is 3.27. The Hall–Kier alpha value is -1.51. The third-order valence-electron chi connectivity index (χ3n) is 4.35. The minimum absolute atomic E-state index is 0.0793. The van der Waals surface area contributed by atoms with Crippen LogP contribution in [0.15, 0.2) is 18.2 Å². The smallest absolute Gasteiger partial charge is 0.251 e. The molecule has 0 saturated heterocycles. The Labute approximate surface area is 114 Å². The molecule has 1 aromatic rings. The molecule has 1 aliphatic heterocycles. The summed E-state index contributed by atoms with van der Waals surface area (Å²) in [6, 6.07) is 6.38. The monoisotopic (exact) mass is 258 g/mol. The van der Waals surface area contributed by atoms with Crippen molar-refractivity contribution in [2.24, 2.45) is 5.92 Å². The molecule has 2 aliphatic rings. The highest BCUT2D eigenvalue weighted by Crippen LogP contribution is 2.25. The van der Waals surface area contributed by atoms with Crippen molar-refractivity contribution in [2.75, 3.05) is 11.9 Å². The van der Waals surface area contributed by atoms with E-state index in [1.165, 1.54) is 18.4 Å². The highest BCUT2D eigenvalue weighted by atomic mass is 16.1. The summed E-state index contributed by atoms with van der Waals surface area (Å²) in [7, 11) is 0. The predicted molar refractivity (Wildman–Crippen MR) is 77.5 cm³/mol. The molecular weight excluding hydrogens is 236 g/mol. The number of amides is 1. The third-order valence-corrected chi connectivity index (χ3v) is 4.35. The van der Waals surface area contributed by atoms with Gasteiger partial charge in [0.1, 0.15) is 0 Å². The van der Waals surface area contributed by atoms with Crippen molar-refractivity contribution >= 4 is 11.6 Å². The first-order valence-corrected chi connectivity index (χ1v) is 7.40. The summed E-state index contributed by atoms with van der Waals surface area (Å²) in [6.07, 6.45) is 5.85. The predicted octanol–water partition coefficient (Wildman–Crippen LogP) is 2.96. The molecule has 3 rings (SSSR count). The van der Waals surface area contributed by atoms with Gasteiger partial charge < -0.3 is 10.6 Å². The molecule has 1 heterocycles. The fourth-order valence-corrected chi connectivity index (χ4v) is 3.27. The summed E-state index contributed by atoms with van der Waals surface area (Å²) >= 11 is 0. The first kappa shape index (κ1) is 12.5. The van der Waals surface area contributed by atoms with Gasteiger partial charge in [0.15, 0.2) is 0 Å². The number of hydrogen-bond acceptors (Lipinski definition) is 2. The van der Waals surface area contributed by atoms with E-state index in [0.29, 0.717) is 6.04 Å². The first-order chi connectivity index (χ1) is 9.22. The van der Waals surface area contributed by atoms with Crippen LogP contribution in [-0.2, 0) is 6.42 Å². The minimum atomic E-state index is 0.0793. The Morgan fingerprint density at radius 2 is 2.26 bits per heavy atom. The lowest BCUT2D eigenvalue weighted by Gasteiger charge is -2.27. The van der Waals surface area contributed by atoms with Gasteiger partial charge in [-0.3, -0.25) is 4.79 Å². The molecule has 19 heavy (non-hydrogen) atoms. The number of fused-ring (bicyclic) bond motifs is 1. The quantitative estimate of drug-likeness (QED) is 0.856. The van der Waals surface area contributed by atoms with E-state index in [9.17, 15) is 4.79 Å². The molecule has 0 radical (unpaired) electrons. The highest BCUT2D eigenvalue weighted by Gasteiger charge is 2.21. The maximum atomic E-state index is 12.3. The zero-order valence-electron chi connectivity index (χ0n) is 11.5. The zero-order chi connectivity index (χ0) is 13.2. The van der Waals surface area contributed by atoms with Gasteiger partial charge in [-0.25, -0.2) is 0 Å². The third kappa shape index (κ3) is 2.75. The van der Waals surface area contributed by atoms with Crippen molar-refractivity contribution < 1.29 is 4.79 Å². The molecule has 0 bridgehead atoms. The maximum Gasteiger partial charge on any atom is 0.251 e. The summed E-state index contributed by atoms with van der Waals surface area (Å²) in [5.74, 6) is 0.816. The van der Waals surface area contributed by atoms with Crippen molar-refractivity contribution in [2.45, 2.75) is 45.1 Å². The molecule has 1 aliphatic carbocycles. The SMILES string of the molecule is CC1CCCC(NC(=O)c2ccc3c(c2)NCC3)C1. The summed E-state index contributed by atoms with van der Waals surface area (Å²) in [6.45, 7) is 3.26. The fraction of sp³-hybridized carbons (Fsp3) is 0.562. The molecule has 0 aromatic heterocycles. The standard InChI is InChI=1S/C16H22N2O/c1-11-3-2-4-14(9-11)18-16(19)13-6-5-12-7-8-17-15(12)10-13/h5-6,10-11,14,17H,2-4,7-9H2,1H3,(H,18,19). The van der Waals surface area contributed by atoms with Crippen LogP contribution >= 0.6 is 0 Å². The van der Waals surface area contributed by atoms with Gasteiger partial charge in [-0.15, -0.1) is 0 Å². The van der Waals surface area contributed by atoms with Gasteiger partial charge in [-0.2, -0.15) is 0 Å². The van der Waals surface area contributed by atoms with Crippen LogP contribution in [-0.4, -0.2) is 18.5 Å². The number of nitrogens with one attached hydrogen (secondary N) is 2. The number of hydrogen-bond donors (Lipinski definition) is 2. The number of rotatable bonds is 2. The molecule has 0 spiro atoms. The lowest BCUT2D eigenvalue weighted by Crippen LogP contribution is -2.37. The van der Waals surface area contributed by atoms with Crippen LogP contribution in [0, 0.1) is 5.92 Å². The normalized spacial score (nSPS) is 25.5. The van der Waals surface area contributed by atoms with E-state index < -0.39 is 0 Å². The van der Waals surface area contributed by atoms with Crippen molar-refractivity contribution in [1.29, 1.82) is 0 Å². The van der Waals surface area contributed by atoms with Gasteiger partial charge in [0.25, 0.3) is 5.91 Å². The number of benzene rings is 1. The van der Waals surface area contributed by atoms with Crippen molar-refractivity contribution in [3.05, 3.63) is 29.3 Å². The Morgan fingerprint density at radius 1 is 1.37 bits per heavy atom. The van der Waals surface area contributed by atoms with Crippen molar-refractivity contribution in [3.63, 3.8) is 0 Å². The number of anilines is 1. The van der Waals surface area contributed by atoms with E-state index in [0.717, 1.165) is 43.0 Å². The van der Waals surface area contributed by atoms with Crippen LogP contribution in [0.2, 0.25) is 0 Å². The molecule has 3 heteroatoms. The van der Waals surface area contributed by atoms with Gasteiger partial charge in [-0.1, -0.05) is 25.8 Å². The molecule has 102 valence electrons. The summed E-state index contributed by atoms with van der Waals surface area (Å²) in [5, 5.41) is 6.52. The second-order valence-electron chi connectivity index (χ2n) is 5.99. The summed E-state index contributed by atoms with van der Waals surface area (Å²) < 4.78 is 0. The molecule has 1 aromatic carbocycles. The van der Waals surface area contributed by atoms with Gasteiger partial charge >= 0.3 is 0 Å². The van der Waals surface area contributed by atoms with Gasteiger partial charge in [0.05, 0.1) is 0 Å². The van der Waals surface area contributed by atoms with Crippen LogP contribution in [0.1, 0.15) is 48.5 Å². The van der Waals surface area contributed by atoms with Crippen LogP contribution < -0.4 is 10.6 Å². The van der Waals surface area contributed by atoms with Crippen LogP contribution in [0.5, 0.6) is 0 Å². The average Bonchev–Trinajstić information content (AvgIpc) is 2.85. The number of carbonyl (C=O) groups is 1. The summed E-state index contributed by atoms with van der Waals surface area (Å²) in [5.41, 5.74) is 3.24. The first-order valence-electron chi connectivity index (χ1n) is 7.40. The van der Waals surface area contributed by atoms with Crippen LogP contribution in [0.3, 0.4) is 0 Å². The highest BCUT2D eigenvalue weighted by molar-refractivity contribution is 5.95. The van der Waals surface area contributed by atoms with E-state index in [4.69, 9.17) is 0 Å². The Kier molecular flexibility index (Phi) is 3.45. The zero-order valence-corrected chi connectivity index (χ0v) is 11.5. The van der Waals surface area contributed by atoms with Gasteiger partial charge in [0, 0.05) is 23.8 Å². The topological polar surface area (TPSA) is 41.1 Å². The Morgan fingerprint density at radius 3 is 3.11 bits per heavy atom. The molecule has 1 saturated carbocycles. The molecule has 1 fully saturated rings. The van der Waals surface area contributed by atoms with E-state index in [1.807, 2.05) is 12.1 Å². The summed E-state index contributed by atoms with van der Waals surface area (Å²) in [4.78, 5) is 12.3. The van der Waals surface area contributed by atoms with E-state index in [-0.39, 0.29) is 5.91 Å². The molecular formula is C16H22N2O.